The Balaban J connectivity index is 2.59. The molecule has 130 valence electrons. The van der Waals surface area contributed by atoms with Crippen LogP contribution in [0.15, 0.2) is 30.3 Å². The Labute approximate surface area is 138 Å². The van der Waals surface area contributed by atoms with Gasteiger partial charge in [-0.3, -0.25) is 9.32 Å². The van der Waals surface area contributed by atoms with Crippen molar-refractivity contribution < 1.29 is 23.1 Å². The van der Waals surface area contributed by atoms with Crippen molar-refractivity contribution in [2.75, 3.05) is 13.7 Å². The molecule has 0 amide bonds. The van der Waals surface area contributed by atoms with Gasteiger partial charge >= 0.3 is 13.7 Å². The summed E-state index contributed by atoms with van der Waals surface area (Å²) >= 11 is 0. The average Bonchev–Trinajstić information content (AvgIpc) is 2.56. The van der Waals surface area contributed by atoms with E-state index in [-0.39, 0.29) is 0 Å². The van der Waals surface area contributed by atoms with E-state index in [9.17, 15) is 9.36 Å². The van der Waals surface area contributed by atoms with Gasteiger partial charge in [-0.25, -0.2) is 4.57 Å². The third-order valence-corrected chi connectivity index (χ3v) is 5.17. The lowest BCUT2D eigenvalue weighted by molar-refractivity contribution is -0.146. The monoisotopic (exact) mass is 343 g/mol. The highest BCUT2D eigenvalue weighted by atomic mass is 31.2. The summed E-state index contributed by atoms with van der Waals surface area (Å²) in [6, 6.07) is 7.83. The standard InChI is InChI=1S/C16H26NO5P/c1-5-14(6-2)12-21-16(18)13(3)17-23(19,20-4)22-15-10-8-7-9-11-15/h7-11,13-14H,5-6,12H2,1-4H3,(H,17,19)/t13-,23?/m0/s1. The maximum absolute atomic E-state index is 12.6. The number of hydrogen-bond acceptors (Lipinski definition) is 5. The fourth-order valence-electron chi connectivity index (χ4n) is 1.88. The summed E-state index contributed by atoms with van der Waals surface area (Å²) in [5.41, 5.74) is 0. The first-order chi connectivity index (χ1) is 10.9. The molecule has 0 saturated carbocycles. The molecule has 2 atom stereocenters. The Morgan fingerprint density at radius 1 is 1.22 bits per heavy atom. The number of nitrogens with one attached hydrogen (secondary N) is 1. The Bertz CT molecular complexity index is 518. The first-order valence-electron chi connectivity index (χ1n) is 7.78. The van der Waals surface area contributed by atoms with Gasteiger partial charge in [-0.2, -0.15) is 5.09 Å². The third-order valence-electron chi connectivity index (χ3n) is 3.53. The molecule has 1 rings (SSSR count). The van der Waals surface area contributed by atoms with Crippen LogP contribution in [0.2, 0.25) is 0 Å². The Morgan fingerprint density at radius 2 is 1.83 bits per heavy atom. The van der Waals surface area contributed by atoms with Crippen molar-refractivity contribution in [1.29, 1.82) is 0 Å². The molecule has 0 spiro atoms. The molecule has 1 N–H and O–H groups in total. The molecule has 0 radical (unpaired) electrons. The van der Waals surface area contributed by atoms with E-state index in [0.29, 0.717) is 18.3 Å². The van der Waals surface area contributed by atoms with Crippen molar-refractivity contribution in [3.8, 4) is 5.75 Å². The van der Waals surface area contributed by atoms with Crippen LogP contribution in [0.1, 0.15) is 33.6 Å². The summed E-state index contributed by atoms with van der Waals surface area (Å²) in [5, 5.41) is 2.59. The molecule has 0 aliphatic rings. The van der Waals surface area contributed by atoms with Crippen molar-refractivity contribution in [3.05, 3.63) is 30.3 Å². The molecule has 0 aromatic heterocycles. The topological polar surface area (TPSA) is 73.9 Å². The van der Waals surface area contributed by atoms with Crippen molar-refractivity contribution in [3.63, 3.8) is 0 Å². The van der Waals surface area contributed by atoms with Crippen LogP contribution in [0.5, 0.6) is 5.75 Å². The van der Waals surface area contributed by atoms with E-state index in [4.69, 9.17) is 13.8 Å². The van der Waals surface area contributed by atoms with Gasteiger partial charge in [-0.05, 0) is 25.0 Å². The zero-order chi connectivity index (χ0) is 17.3. The number of benzene rings is 1. The summed E-state index contributed by atoms with van der Waals surface area (Å²) in [6.45, 7) is 6.02. The lowest BCUT2D eigenvalue weighted by atomic mass is 10.1. The van der Waals surface area contributed by atoms with E-state index in [1.165, 1.54) is 7.11 Å². The summed E-state index contributed by atoms with van der Waals surface area (Å²) in [5.74, 6) is 0.245. The first kappa shape index (κ1) is 19.7. The van der Waals surface area contributed by atoms with E-state index in [1.807, 2.05) is 6.07 Å². The van der Waals surface area contributed by atoms with Crippen LogP contribution in [0.4, 0.5) is 0 Å². The summed E-state index contributed by atoms with van der Waals surface area (Å²) in [7, 11) is -2.38. The summed E-state index contributed by atoms with van der Waals surface area (Å²) in [4.78, 5) is 12.0. The molecule has 1 aromatic carbocycles. The van der Waals surface area contributed by atoms with Crippen LogP contribution in [0.3, 0.4) is 0 Å². The molecule has 6 nitrogen and oxygen atoms in total. The number of hydrogen-bond donors (Lipinski definition) is 1. The van der Waals surface area contributed by atoms with E-state index < -0.39 is 19.8 Å². The minimum absolute atomic E-state index is 0.334. The van der Waals surface area contributed by atoms with E-state index >= 15 is 0 Å². The maximum Gasteiger partial charge on any atom is 0.459 e. The van der Waals surface area contributed by atoms with E-state index in [2.05, 4.69) is 18.9 Å². The highest BCUT2D eigenvalue weighted by Gasteiger charge is 2.31. The minimum Gasteiger partial charge on any atom is -0.464 e. The molecule has 0 heterocycles. The molecule has 23 heavy (non-hydrogen) atoms. The van der Waals surface area contributed by atoms with Crippen molar-refractivity contribution in [1.82, 2.24) is 5.09 Å². The highest BCUT2D eigenvalue weighted by molar-refractivity contribution is 7.52. The smallest absolute Gasteiger partial charge is 0.459 e. The fourth-order valence-corrected chi connectivity index (χ4v) is 3.09. The van der Waals surface area contributed by atoms with Crippen LogP contribution in [-0.2, 0) is 18.6 Å². The lowest BCUT2D eigenvalue weighted by Gasteiger charge is -2.22. The van der Waals surface area contributed by atoms with Gasteiger partial charge in [0, 0.05) is 7.11 Å². The molecular formula is C16H26NO5P. The number of carbonyl (C=O) groups excluding carboxylic acids is 1. The molecule has 0 fully saturated rings. The zero-order valence-corrected chi connectivity index (χ0v) is 15.0. The molecule has 0 aliphatic carbocycles. The number of rotatable bonds is 10. The van der Waals surface area contributed by atoms with Gasteiger partial charge < -0.3 is 9.26 Å². The lowest BCUT2D eigenvalue weighted by Crippen LogP contribution is -2.35. The number of para-hydroxylation sites is 1. The highest BCUT2D eigenvalue weighted by Crippen LogP contribution is 2.43. The van der Waals surface area contributed by atoms with Gasteiger partial charge in [0.1, 0.15) is 11.8 Å². The second-order valence-electron chi connectivity index (χ2n) is 5.25. The normalized spacial score (nSPS) is 15.0. The average molecular weight is 343 g/mol. The molecule has 0 aliphatic heterocycles. The Hall–Kier alpha value is -1.36. The number of esters is 1. The van der Waals surface area contributed by atoms with Crippen LogP contribution in [0, 0.1) is 5.92 Å². The quantitative estimate of drug-likeness (QED) is 0.515. The molecule has 1 unspecified atom stereocenters. The van der Waals surface area contributed by atoms with Gasteiger partial charge in [0.05, 0.1) is 6.61 Å². The Morgan fingerprint density at radius 3 is 2.35 bits per heavy atom. The molecule has 1 aromatic rings. The second kappa shape index (κ2) is 9.71. The van der Waals surface area contributed by atoms with Crippen molar-refractivity contribution in [2.45, 2.75) is 39.7 Å². The van der Waals surface area contributed by atoms with Gasteiger partial charge in [0.2, 0.25) is 0 Å². The van der Waals surface area contributed by atoms with Crippen molar-refractivity contribution >= 4 is 13.7 Å². The predicted octanol–water partition coefficient (Wildman–Crippen LogP) is 3.78. The largest absolute Gasteiger partial charge is 0.464 e. The minimum atomic E-state index is -3.64. The van der Waals surface area contributed by atoms with Crippen LogP contribution in [-0.4, -0.2) is 25.7 Å². The van der Waals surface area contributed by atoms with Crippen LogP contribution >= 0.6 is 7.75 Å². The van der Waals surface area contributed by atoms with E-state index in [1.54, 1.807) is 31.2 Å². The molecular weight excluding hydrogens is 317 g/mol. The molecule has 0 saturated heterocycles. The summed E-state index contributed by atoms with van der Waals surface area (Å²) in [6.07, 6.45) is 1.89. The summed E-state index contributed by atoms with van der Waals surface area (Å²) < 4.78 is 28.1. The predicted molar refractivity (Wildman–Crippen MR) is 89.3 cm³/mol. The van der Waals surface area contributed by atoms with Gasteiger partial charge in [0.15, 0.2) is 0 Å². The molecule has 0 bridgehead atoms. The maximum atomic E-state index is 12.6. The Kier molecular flexibility index (Phi) is 8.31. The zero-order valence-electron chi connectivity index (χ0n) is 14.2. The van der Waals surface area contributed by atoms with Crippen molar-refractivity contribution in [2.24, 2.45) is 5.92 Å². The van der Waals surface area contributed by atoms with Crippen LogP contribution < -0.4 is 9.61 Å². The SMILES string of the molecule is CCC(CC)COC(=O)[C@H](C)NP(=O)(OC)Oc1ccccc1. The van der Waals surface area contributed by atoms with E-state index in [0.717, 1.165) is 12.8 Å². The van der Waals surface area contributed by atoms with Gasteiger partial charge in [-0.15, -0.1) is 0 Å². The number of ether oxygens (including phenoxy) is 1. The van der Waals surface area contributed by atoms with Gasteiger partial charge in [0.25, 0.3) is 0 Å². The first-order valence-corrected chi connectivity index (χ1v) is 9.33. The third kappa shape index (κ3) is 6.73. The number of carbonyl (C=O) groups is 1. The van der Waals surface area contributed by atoms with Crippen LogP contribution in [0.25, 0.3) is 0 Å². The molecule has 7 heteroatoms. The second-order valence-corrected chi connectivity index (χ2v) is 7.05. The van der Waals surface area contributed by atoms with Gasteiger partial charge in [-0.1, -0.05) is 44.9 Å². The fraction of sp³-hybridized carbons (Fsp3) is 0.562.